The highest BCUT2D eigenvalue weighted by atomic mass is 16.5. The van der Waals surface area contributed by atoms with Crippen LogP contribution in [0.1, 0.15) is 34.6 Å². The maximum absolute atomic E-state index is 11.8. The lowest BCUT2D eigenvalue weighted by atomic mass is 10.1. The maximum Gasteiger partial charge on any atom is 0.342 e. The summed E-state index contributed by atoms with van der Waals surface area (Å²) in [4.78, 5) is 23.5. The van der Waals surface area contributed by atoms with Gasteiger partial charge in [0.15, 0.2) is 6.61 Å². The fraction of sp³-hybridized carbons (Fsp3) is 0.250. The number of hydrogen-bond acceptors (Lipinski definition) is 4. The third-order valence-corrected chi connectivity index (χ3v) is 3.09. The monoisotopic (exact) mass is 287 g/mol. The molecule has 1 atom stereocenters. The zero-order valence-electron chi connectivity index (χ0n) is 12.0. The molecule has 0 radical (unpaired) electrons. The number of aryl methyl sites for hydroxylation is 1. The molecule has 2 aromatic rings. The SMILES string of the molecule is Cc1occc1C(=O)OCC(=O)N[C@H](C)c1ccccc1. The third-order valence-electron chi connectivity index (χ3n) is 3.09. The molecular formula is C16H17NO4. The van der Waals surface area contributed by atoms with Crippen molar-refractivity contribution in [3.05, 3.63) is 59.5 Å². The molecule has 5 nitrogen and oxygen atoms in total. The zero-order valence-corrected chi connectivity index (χ0v) is 12.0. The molecule has 1 aromatic carbocycles. The van der Waals surface area contributed by atoms with Crippen molar-refractivity contribution < 1.29 is 18.7 Å². The van der Waals surface area contributed by atoms with E-state index in [9.17, 15) is 9.59 Å². The van der Waals surface area contributed by atoms with E-state index in [0.29, 0.717) is 11.3 Å². The fourth-order valence-corrected chi connectivity index (χ4v) is 1.91. The van der Waals surface area contributed by atoms with Crippen LogP contribution in [-0.2, 0) is 9.53 Å². The first kappa shape index (κ1) is 14.8. The highest BCUT2D eigenvalue weighted by molar-refractivity contribution is 5.92. The predicted molar refractivity (Wildman–Crippen MR) is 76.7 cm³/mol. The summed E-state index contributed by atoms with van der Waals surface area (Å²) >= 11 is 0. The lowest BCUT2D eigenvalue weighted by Crippen LogP contribution is -2.31. The van der Waals surface area contributed by atoms with E-state index in [1.807, 2.05) is 37.3 Å². The first-order chi connectivity index (χ1) is 10.1. The van der Waals surface area contributed by atoms with Gasteiger partial charge in [-0.2, -0.15) is 0 Å². The van der Waals surface area contributed by atoms with E-state index in [1.54, 1.807) is 6.92 Å². The largest absolute Gasteiger partial charge is 0.469 e. The van der Waals surface area contributed by atoms with Gasteiger partial charge in [0, 0.05) is 0 Å². The number of carbonyl (C=O) groups excluding carboxylic acids is 2. The predicted octanol–water partition coefficient (Wildman–Crippen LogP) is 2.62. The number of hydrogen-bond donors (Lipinski definition) is 1. The Labute approximate surface area is 122 Å². The van der Waals surface area contributed by atoms with E-state index >= 15 is 0 Å². The van der Waals surface area contributed by atoms with Crippen LogP contribution in [-0.4, -0.2) is 18.5 Å². The molecular weight excluding hydrogens is 270 g/mol. The summed E-state index contributed by atoms with van der Waals surface area (Å²) in [6.45, 7) is 3.21. The molecule has 1 heterocycles. The number of esters is 1. The van der Waals surface area contributed by atoms with Crippen molar-refractivity contribution in [3.8, 4) is 0 Å². The number of carbonyl (C=O) groups is 2. The normalized spacial score (nSPS) is 11.7. The Balaban J connectivity index is 1.83. The number of ether oxygens (including phenoxy) is 1. The van der Waals surface area contributed by atoms with Gasteiger partial charge in [-0.05, 0) is 25.5 Å². The fourth-order valence-electron chi connectivity index (χ4n) is 1.91. The van der Waals surface area contributed by atoms with Gasteiger partial charge in [-0.15, -0.1) is 0 Å². The second kappa shape index (κ2) is 6.74. The van der Waals surface area contributed by atoms with Gasteiger partial charge in [0.25, 0.3) is 5.91 Å². The Morgan fingerprint density at radius 1 is 1.24 bits per heavy atom. The molecule has 110 valence electrons. The van der Waals surface area contributed by atoms with Crippen molar-refractivity contribution in [2.24, 2.45) is 0 Å². The van der Waals surface area contributed by atoms with Gasteiger partial charge in [-0.1, -0.05) is 30.3 Å². The van der Waals surface area contributed by atoms with Crippen LogP contribution >= 0.6 is 0 Å². The summed E-state index contributed by atoms with van der Waals surface area (Å²) in [7, 11) is 0. The molecule has 0 saturated heterocycles. The molecule has 1 N–H and O–H groups in total. The highest BCUT2D eigenvalue weighted by Gasteiger charge is 2.15. The van der Waals surface area contributed by atoms with Gasteiger partial charge in [-0.3, -0.25) is 4.79 Å². The molecule has 0 aliphatic heterocycles. The molecule has 0 aliphatic rings. The van der Waals surface area contributed by atoms with E-state index in [4.69, 9.17) is 9.15 Å². The lowest BCUT2D eigenvalue weighted by molar-refractivity contribution is -0.124. The Bertz CT molecular complexity index is 618. The molecule has 0 fully saturated rings. The first-order valence-electron chi connectivity index (χ1n) is 6.63. The summed E-state index contributed by atoms with van der Waals surface area (Å²) in [5.41, 5.74) is 1.32. The van der Waals surface area contributed by atoms with Crippen molar-refractivity contribution in [2.45, 2.75) is 19.9 Å². The molecule has 0 saturated carbocycles. The van der Waals surface area contributed by atoms with Crippen molar-refractivity contribution in [2.75, 3.05) is 6.61 Å². The number of amides is 1. The first-order valence-corrected chi connectivity index (χ1v) is 6.63. The molecule has 2 rings (SSSR count). The lowest BCUT2D eigenvalue weighted by Gasteiger charge is -2.14. The van der Waals surface area contributed by atoms with E-state index < -0.39 is 5.97 Å². The van der Waals surface area contributed by atoms with Crippen LogP contribution in [0.25, 0.3) is 0 Å². The molecule has 0 bridgehead atoms. The minimum Gasteiger partial charge on any atom is -0.469 e. The molecule has 0 unspecified atom stereocenters. The van der Waals surface area contributed by atoms with Gasteiger partial charge >= 0.3 is 5.97 Å². The van der Waals surface area contributed by atoms with Gasteiger partial charge in [0.05, 0.1) is 12.3 Å². The Morgan fingerprint density at radius 3 is 2.57 bits per heavy atom. The zero-order chi connectivity index (χ0) is 15.2. The minimum absolute atomic E-state index is 0.145. The summed E-state index contributed by atoms with van der Waals surface area (Å²) in [6, 6.07) is 10.9. The van der Waals surface area contributed by atoms with E-state index in [1.165, 1.54) is 12.3 Å². The van der Waals surface area contributed by atoms with Gasteiger partial charge in [0.2, 0.25) is 0 Å². The highest BCUT2D eigenvalue weighted by Crippen LogP contribution is 2.12. The third kappa shape index (κ3) is 3.95. The smallest absolute Gasteiger partial charge is 0.342 e. The van der Waals surface area contributed by atoms with Crippen LogP contribution in [0.15, 0.2) is 47.1 Å². The van der Waals surface area contributed by atoms with Gasteiger partial charge < -0.3 is 14.5 Å². The van der Waals surface area contributed by atoms with Crippen LogP contribution < -0.4 is 5.32 Å². The average Bonchev–Trinajstić information content (AvgIpc) is 2.92. The maximum atomic E-state index is 11.8. The summed E-state index contributed by atoms with van der Waals surface area (Å²) in [5.74, 6) is -0.442. The number of nitrogens with one attached hydrogen (secondary N) is 1. The van der Waals surface area contributed by atoms with Crippen molar-refractivity contribution >= 4 is 11.9 Å². The molecule has 21 heavy (non-hydrogen) atoms. The molecule has 0 aliphatic carbocycles. The van der Waals surface area contributed by atoms with Crippen molar-refractivity contribution in [1.29, 1.82) is 0 Å². The second-order valence-corrected chi connectivity index (χ2v) is 4.67. The van der Waals surface area contributed by atoms with Crippen molar-refractivity contribution in [1.82, 2.24) is 5.32 Å². The van der Waals surface area contributed by atoms with E-state index in [0.717, 1.165) is 5.56 Å². The van der Waals surface area contributed by atoms with Crippen molar-refractivity contribution in [3.63, 3.8) is 0 Å². The van der Waals surface area contributed by atoms with E-state index in [-0.39, 0.29) is 18.6 Å². The topological polar surface area (TPSA) is 68.5 Å². The van der Waals surface area contributed by atoms with Gasteiger partial charge in [-0.25, -0.2) is 4.79 Å². The summed E-state index contributed by atoms with van der Waals surface area (Å²) in [5, 5.41) is 2.77. The van der Waals surface area contributed by atoms with Crippen LogP contribution in [0.3, 0.4) is 0 Å². The van der Waals surface area contributed by atoms with Crippen LogP contribution in [0.2, 0.25) is 0 Å². The number of benzene rings is 1. The van der Waals surface area contributed by atoms with Gasteiger partial charge in [0.1, 0.15) is 11.3 Å². The Morgan fingerprint density at radius 2 is 1.95 bits per heavy atom. The van der Waals surface area contributed by atoms with E-state index in [2.05, 4.69) is 5.32 Å². The van der Waals surface area contributed by atoms with Crippen LogP contribution in [0.5, 0.6) is 0 Å². The second-order valence-electron chi connectivity index (χ2n) is 4.67. The molecule has 1 amide bonds. The molecule has 1 aromatic heterocycles. The Kier molecular flexibility index (Phi) is 4.77. The minimum atomic E-state index is -0.566. The Hall–Kier alpha value is -2.56. The van der Waals surface area contributed by atoms with Crippen LogP contribution in [0, 0.1) is 6.92 Å². The summed E-state index contributed by atoms with van der Waals surface area (Å²) < 4.78 is 9.97. The number of rotatable bonds is 5. The van der Waals surface area contributed by atoms with Crippen LogP contribution in [0.4, 0.5) is 0 Å². The standard InChI is InChI=1S/C16H17NO4/c1-11(13-6-4-3-5-7-13)17-15(18)10-21-16(19)14-8-9-20-12(14)2/h3-9,11H,10H2,1-2H3,(H,17,18)/t11-/m1/s1. The molecule has 0 spiro atoms. The average molecular weight is 287 g/mol. The quantitative estimate of drug-likeness (QED) is 0.858. The summed E-state index contributed by atoms with van der Waals surface area (Å²) in [6.07, 6.45) is 1.41. The number of furan rings is 1. The molecule has 5 heteroatoms.